The number of nitrogens with one attached hydrogen (secondary N) is 1. The van der Waals surface area contributed by atoms with Crippen LogP contribution < -0.4 is 5.32 Å². The number of thiophene rings is 1. The molecule has 3 nitrogen and oxygen atoms in total. The molecule has 0 atom stereocenters. The van der Waals surface area contributed by atoms with E-state index in [-0.39, 0.29) is 0 Å². The third-order valence-electron chi connectivity index (χ3n) is 3.52. The Balaban J connectivity index is 1.83. The van der Waals surface area contributed by atoms with Crippen molar-refractivity contribution in [2.24, 2.45) is 0 Å². The van der Waals surface area contributed by atoms with Crippen molar-refractivity contribution < 1.29 is 4.42 Å². The summed E-state index contributed by atoms with van der Waals surface area (Å²) in [7, 11) is 2.15. The summed E-state index contributed by atoms with van der Waals surface area (Å²) in [5, 5.41) is 5.58. The first-order chi connectivity index (χ1) is 10.0. The number of hydrogen-bond donors (Lipinski definition) is 1. The molecule has 116 valence electrons. The van der Waals surface area contributed by atoms with Crippen LogP contribution in [0.1, 0.15) is 35.8 Å². The number of nitrogens with zero attached hydrogens (tertiary/aromatic N) is 1. The summed E-state index contributed by atoms with van der Waals surface area (Å²) in [4.78, 5) is 3.76. The van der Waals surface area contributed by atoms with Crippen molar-refractivity contribution in [1.29, 1.82) is 0 Å². The van der Waals surface area contributed by atoms with Crippen LogP contribution >= 0.6 is 11.3 Å². The van der Waals surface area contributed by atoms with Gasteiger partial charge in [-0.1, -0.05) is 19.9 Å². The van der Waals surface area contributed by atoms with Gasteiger partial charge in [0.15, 0.2) is 0 Å². The van der Waals surface area contributed by atoms with Gasteiger partial charge < -0.3 is 9.73 Å². The van der Waals surface area contributed by atoms with Crippen LogP contribution in [0.15, 0.2) is 28.0 Å². The number of likely N-dealkylation sites (N-methyl/N-ethyl adjacent to an activating group) is 1. The number of furan rings is 1. The van der Waals surface area contributed by atoms with Crippen molar-refractivity contribution >= 4 is 11.3 Å². The molecular weight excluding hydrogens is 280 g/mol. The lowest BCUT2D eigenvalue weighted by Crippen LogP contribution is -2.22. The smallest absolute Gasteiger partial charge is 0.118 e. The van der Waals surface area contributed by atoms with Crippen LogP contribution in [0.3, 0.4) is 0 Å². The summed E-state index contributed by atoms with van der Waals surface area (Å²) in [6.45, 7) is 9.18. The minimum Gasteiger partial charge on any atom is -0.465 e. The second-order valence-electron chi connectivity index (χ2n) is 5.90. The molecule has 0 saturated carbocycles. The Hall–Kier alpha value is -1.10. The predicted molar refractivity (Wildman–Crippen MR) is 89.8 cm³/mol. The SMILES string of the molecule is Cc1oc(CN(C)CCc2cccs2)cc1CNC(C)C. The van der Waals surface area contributed by atoms with Crippen LogP contribution in [0, 0.1) is 6.92 Å². The van der Waals surface area contributed by atoms with Gasteiger partial charge in [0, 0.05) is 29.6 Å². The van der Waals surface area contributed by atoms with E-state index in [1.807, 2.05) is 18.3 Å². The maximum atomic E-state index is 5.88. The fraction of sp³-hybridized carbons (Fsp3) is 0.529. The molecule has 2 aromatic rings. The minimum absolute atomic E-state index is 0.496. The largest absolute Gasteiger partial charge is 0.465 e. The highest BCUT2D eigenvalue weighted by atomic mass is 32.1. The molecule has 0 aliphatic carbocycles. The molecule has 1 N–H and O–H groups in total. The molecule has 0 spiro atoms. The average molecular weight is 306 g/mol. The summed E-state index contributed by atoms with van der Waals surface area (Å²) in [5.74, 6) is 2.09. The topological polar surface area (TPSA) is 28.4 Å². The van der Waals surface area contributed by atoms with Crippen LogP contribution in [-0.2, 0) is 19.5 Å². The highest BCUT2D eigenvalue weighted by molar-refractivity contribution is 7.09. The molecular formula is C17H26N2OS. The zero-order chi connectivity index (χ0) is 15.2. The lowest BCUT2D eigenvalue weighted by atomic mass is 10.2. The lowest BCUT2D eigenvalue weighted by Gasteiger charge is -2.14. The average Bonchev–Trinajstić information content (AvgIpc) is 3.04. The zero-order valence-electron chi connectivity index (χ0n) is 13.5. The van der Waals surface area contributed by atoms with E-state index in [1.54, 1.807) is 0 Å². The molecule has 0 aliphatic rings. The zero-order valence-corrected chi connectivity index (χ0v) is 14.3. The van der Waals surface area contributed by atoms with E-state index < -0.39 is 0 Å². The van der Waals surface area contributed by atoms with E-state index in [0.29, 0.717) is 6.04 Å². The van der Waals surface area contributed by atoms with E-state index in [4.69, 9.17) is 4.42 Å². The molecule has 0 bridgehead atoms. The Morgan fingerprint density at radius 1 is 1.38 bits per heavy atom. The first-order valence-electron chi connectivity index (χ1n) is 7.57. The van der Waals surface area contributed by atoms with E-state index in [1.165, 1.54) is 10.4 Å². The maximum Gasteiger partial charge on any atom is 0.118 e. The van der Waals surface area contributed by atoms with E-state index >= 15 is 0 Å². The van der Waals surface area contributed by atoms with Gasteiger partial charge in [-0.25, -0.2) is 0 Å². The number of aryl methyl sites for hydroxylation is 1. The Morgan fingerprint density at radius 3 is 2.86 bits per heavy atom. The van der Waals surface area contributed by atoms with Crippen LogP contribution in [0.5, 0.6) is 0 Å². The number of hydrogen-bond acceptors (Lipinski definition) is 4. The van der Waals surface area contributed by atoms with Crippen molar-refractivity contribution in [2.75, 3.05) is 13.6 Å². The summed E-state index contributed by atoms with van der Waals surface area (Å²) in [6, 6.07) is 7.00. The van der Waals surface area contributed by atoms with Crippen LogP contribution in [0.4, 0.5) is 0 Å². The van der Waals surface area contributed by atoms with Crippen molar-refractivity contribution in [1.82, 2.24) is 10.2 Å². The van der Waals surface area contributed by atoms with Gasteiger partial charge in [-0.15, -0.1) is 11.3 Å². The fourth-order valence-electron chi connectivity index (χ4n) is 2.26. The molecule has 2 rings (SSSR count). The molecule has 0 saturated heterocycles. The van der Waals surface area contributed by atoms with Crippen molar-refractivity contribution in [3.05, 3.63) is 45.5 Å². The normalized spacial score (nSPS) is 11.7. The standard InChI is InChI=1S/C17H26N2OS/c1-13(2)18-11-15-10-16(20-14(15)3)12-19(4)8-7-17-6-5-9-21-17/h5-6,9-10,13,18H,7-8,11-12H2,1-4H3. The Labute approximate surface area is 132 Å². The highest BCUT2D eigenvalue weighted by Crippen LogP contribution is 2.17. The summed E-state index contributed by atoms with van der Waals surface area (Å²) < 4.78 is 5.88. The van der Waals surface area contributed by atoms with E-state index in [9.17, 15) is 0 Å². The molecule has 0 aromatic carbocycles. The van der Waals surface area contributed by atoms with Crippen LogP contribution in [0.2, 0.25) is 0 Å². The van der Waals surface area contributed by atoms with Crippen molar-refractivity contribution in [3.8, 4) is 0 Å². The highest BCUT2D eigenvalue weighted by Gasteiger charge is 2.10. The predicted octanol–water partition coefficient (Wildman–Crippen LogP) is 3.82. The molecule has 0 radical (unpaired) electrons. The van der Waals surface area contributed by atoms with E-state index in [0.717, 1.165) is 37.6 Å². The molecule has 0 unspecified atom stereocenters. The molecule has 4 heteroatoms. The molecule has 0 amide bonds. The van der Waals surface area contributed by atoms with Crippen molar-refractivity contribution in [3.63, 3.8) is 0 Å². The van der Waals surface area contributed by atoms with Gasteiger partial charge in [-0.2, -0.15) is 0 Å². The van der Waals surface area contributed by atoms with Crippen molar-refractivity contribution in [2.45, 2.75) is 46.3 Å². The van der Waals surface area contributed by atoms with Gasteiger partial charge in [0.25, 0.3) is 0 Å². The quantitative estimate of drug-likeness (QED) is 0.803. The fourth-order valence-corrected chi connectivity index (χ4v) is 2.95. The van der Waals surface area contributed by atoms with E-state index in [2.05, 4.69) is 54.7 Å². The minimum atomic E-state index is 0.496. The summed E-state index contributed by atoms with van der Waals surface area (Å²) >= 11 is 1.83. The summed E-state index contributed by atoms with van der Waals surface area (Å²) in [5.41, 5.74) is 1.27. The molecule has 2 aromatic heterocycles. The lowest BCUT2D eigenvalue weighted by molar-refractivity contribution is 0.296. The third-order valence-corrected chi connectivity index (χ3v) is 4.45. The summed E-state index contributed by atoms with van der Waals surface area (Å²) in [6.07, 6.45) is 1.11. The molecule has 2 heterocycles. The van der Waals surface area contributed by atoms with Gasteiger partial charge in [0.2, 0.25) is 0 Å². The molecule has 0 fully saturated rings. The Morgan fingerprint density at radius 2 is 2.19 bits per heavy atom. The molecule has 21 heavy (non-hydrogen) atoms. The van der Waals surface area contributed by atoms with Gasteiger partial charge >= 0.3 is 0 Å². The first-order valence-corrected chi connectivity index (χ1v) is 8.45. The van der Waals surface area contributed by atoms with Gasteiger partial charge in [0.05, 0.1) is 6.54 Å². The second kappa shape index (κ2) is 7.78. The Bertz CT molecular complexity index is 531. The van der Waals surface area contributed by atoms with Gasteiger partial charge in [0.1, 0.15) is 11.5 Å². The van der Waals surface area contributed by atoms with Gasteiger partial charge in [-0.05, 0) is 37.9 Å². The Kier molecular flexibility index (Phi) is 6.03. The maximum absolute atomic E-state index is 5.88. The van der Waals surface area contributed by atoms with Crippen LogP contribution in [-0.4, -0.2) is 24.5 Å². The third kappa shape index (κ3) is 5.30. The monoisotopic (exact) mass is 306 g/mol. The molecule has 0 aliphatic heterocycles. The van der Waals surface area contributed by atoms with Gasteiger partial charge in [-0.3, -0.25) is 4.90 Å². The first kappa shape index (κ1) is 16.3. The second-order valence-corrected chi connectivity index (χ2v) is 6.93. The van der Waals surface area contributed by atoms with Crippen LogP contribution in [0.25, 0.3) is 0 Å². The number of rotatable bonds is 8.